The van der Waals surface area contributed by atoms with Gasteiger partial charge in [-0.2, -0.15) is 0 Å². The highest BCUT2D eigenvalue weighted by atomic mass is 31.2. The highest BCUT2D eigenvalue weighted by molar-refractivity contribution is 7.54. The van der Waals surface area contributed by atoms with E-state index in [1.165, 1.54) is 14.2 Å². The van der Waals surface area contributed by atoms with Crippen LogP contribution in [0.25, 0.3) is 0 Å². The molecule has 0 heterocycles. The third-order valence-corrected chi connectivity index (χ3v) is 6.20. The second kappa shape index (κ2) is 10.3. The van der Waals surface area contributed by atoms with Crippen molar-refractivity contribution in [2.24, 2.45) is 0 Å². The molecule has 0 unspecified atom stereocenters. The van der Waals surface area contributed by atoms with Gasteiger partial charge in [0.1, 0.15) is 0 Å². The van der Waals surface area contributed by atoms with Gasteiger partial charge in [-0.3, -0.25) is 9.36 Å². The molecule has 2 aromatic carbocycles. The minimum atomic E-state index is -3.52. The number of hydrogen-bond acceptors (Lipinski definition) is 5. The Labute approximate surface area is 154 Å². The molecule has 0 amide bonds. The SMILES string of the molecule is COP(=O)(OC)[C@@H](CCc1ccccc1)OC(=O)CCc1ccccc1. The fraction of sp³-hybridized carbons (Fsp3) is 0.350. The van der Waals surface area contributed by atoms with Crippen molar-refractivity contribution < 1.29 is 23.1 Å². The van der Waals surface area contributed by atoms with Crippen LogP contribution < -0.4 is 0 Å². The van der Waals surface area contributed by atoms with Crippen LogP contribution in [-0.2, 0) is 36.0 Å². The Morgan fingerprint density at radius 2 is 1.38 bits per heavy atom. The monoisotopic (exact) mass is 376 g/mol. The van der Waals surface area contributed by atoms with Crippen molar-refractivity contribution in [2.45, 2.75) is 31.5 Å². The van der Waals surface area contributed by atoms with Gasteiger partial charge in [0.05, 0.1) is 0 Å². The van der Waals surface area contributed by atoms with Gasteiger partial charge in [0, 0.05) is 27.1 Å². The van der Waals surface area contributed by atoms with Crippen molar-refractivity contribution in [1.29, 1.82) is 0 Å². The smallest absolute Gasteiger partial charge is 0.370 e. The topological polar surface area (TPSA) is 61.8 Å². The second-order valence-electron chi connectivity index (χ2n) is 5.86. The lowest BCUT2D eigenvalue weighted by molar-refractivity contribution is -0.146. The van der Waals surface area contributed by atoms with Crippen molar-refractivity contribution in [2.75, 3.05) is 14.2 Å². The van der Waals surface area contributed by atoms with E-state index in [1.54, 1.807) is 0 Å². The summed E-state index contributed by atoms with van der Waals surface area (Å²) in [5.74, 6) is -1.35. The van der Waals surface area contributed by atoms with Crippen LogP contribution in [0.2, 0.25) is 0 Å². The van der Waals surface area contributed by atoms with Gasteiger partial charge in [0.2, 0.25) is 5.85 Å². The van der Waals surface area contributed by atoms with E-state index in [2.05, 4.69) is 0 Å². The molecule has 5 nitrogen and oxygen atoms in total. The van der Waals surface area contributed by atoms with Crippen LogP contribution >= 0.6 is 7.60 Å². The molecule has 140 valence electrons. The fourth-order valence-corrected chi connectivity index (χ4v) is 3.94. The first-order valence-electron chi connectivity index (χ1n) is 8.56. The van der Waals surface area contributed by atoms with Crippen molar-refractivity contribution in [3.8, 4) is 0 Å². The molecule has 0 aromatic heterocycles. The zero-order valence-corrected chi connectivity index (χ0v) is 16.1. The van der Waals surface area contributed by atoms with E-state index in [-0.39, 0.29) is 6.42 Å². The molecule has 0 spiro atoms. The molecule has 6 heteroatoms. The van der Waals surface area contributed by atoms with E-state index < -0.39 is 19.4 Å². The number of aryl methyl sites for hydroxylation is 2. The number of ether oxygens (including phenoxy) is 1. The van der Waals surface area contributed by atoms with Crippen LogP contribution in [0, 0.1) is 0 Å². The third-order valence-electron chi connectivity index (χ3n) is 4.11. The Kier molecular flexibility index (Phi) is 8.05. The van der Waals surface area contributed by atoms with E-state index in [1.807, 2.05) is 60.7 Å². The molecule has 26 heavy (non-hydrogen) atoms. The maximum Gasteiger partial charge on any atom is 0.370 e. The summed E-state index contributed by atoms with van der Waals surface area (Å²) in [6.07, 6.45) is 1.74. The van der Waals surface area contributed by atoms with Gasteiger partial charge in [0.25, 0.3) is 0 Å². The summed E-state index contributed by atoms with van der Waals surface area (Å²) in [4.78, 5) is 12.3. The number of carbonyl (C=O) groups excluding carboxylic acids is 1. The largest absolute Gasteiger partial charge is 0.449 e. The molecule has 0 bridgehead atoms. The summed E-state index contributed by atoms with van der Waals surface area (Å²) in [6, 6.07) is 19.4. The van der Waals surface area contributed by atoms with Crippen molar-refractivity contribution in [3.63, 3.8) is 0 Å². The molecular formula is C20H25O5P. The average molecular weight is 376 g/mol. The second-order valence-corrected chi connectivity index (χ2v) is 8.25. The number of carbonyl (C=O) groups is 1. The van der Waals surface area contributed by atoms with E-state index in [0.717, 1.165) is 11.1 Å². The van der Waals surface area contributed by atoms with E-state index in [9.17, 15) is 9.36 Å². The normalized spacial score (nSPS) is 12.5. The molecule has 0 radical (unpaired) electrons. The summed E-state index contributed by atoms with van der Waals surface area (Å²) in [6.45, 7) is 0. The van der Waals surface area contributed by atoms with Gasteiger partial charge in [0.15, 0.2) is 0 Å². The Balaban J connectivity index is 1.98. The average Bonchev–Trinajstić information content (AvgIpc) is 2.70. The Bertz CT molecular complexity index is 709. The van der Waals surface area contributed by atoms with E-state index in [4.69, 9.17) is 13.8 Å². The van der Waals surface area contributed by atoms with Gasteiger partial charge >= 0.3 is 13.6 Å². The summed E-state index contributed by atoms with van der Waals surface area (Å²) < 4.78 is 28.4. The van der Waals surface area contributed by atoms with Crippen LogP contribution in [0.3, 0.4) is 0 Å². The maximum atomic E-state index is 12.8. The summed E-state index contributed by atoms with van der Waals surface area (Å²) >= 11 is 0. The van der Waals surface area contributed by atoms with Crippen LogP contribution in [0.15, 0.2) is 60.7 Å². The molecule has 0 N–H and O–H groups in total. The zero-order chi connectivity index (χ0) is 18.8. The highest BCUT2D eigenvalue weighted by Gasteiger charge is 2.37. The Hall–Kier alpha value is -1.94. The van der Waals surface area contributed by atoms with Gasteiger partial charge in [-0.05, 0) is 24.0 Å². The van der Waals surface area contributed by atoms with E-state index >= 15 is 0 Å². The van der Waals surface area contributed by atoms with E-state index in [0.29, 0.717) is 19.3 Å². The van der Waals surface area contributed by atoms with Gasteiger partial charge < -0.3 is 13.8 Å². The molecule has 0 saturated carbocycles. The minimum absolute atomic E-state index is 0.208. The number of esters is 1. The predicted octanol–water partition coefficient (Wildman–Crippen LogP) is 4.61. The van der Waals surface area contributed by atoms with Crippen molar-refractivity contribution in [1.82, 2.24) is 0 Å². The lowest BCUT2D eigenvalue weighted by atomic mass is 10.1. The summed E-state index contributed by atoms with van der Waals surface area (Å²) in [7, 11) is -0.914. The lowest BCUT2D eigenvalue weighted by Crippen LogP contribution is -2.21. The quantitative estimate of drug-likeness (QED) is 0.448. The van der Waals surface area contributed by atoms with Crippen LogP contribution in [0.1, 0.15) is 24.0 Å². The lowest BCUT2D eigenvalue weighted by Gasteiger charge is -2.24. The van der Waals surface area contributed by atoms with Crippen LogP contribution in [0.5, 0.6) is 0 Å². The molecule has 0 aliphatic heterocycles. The highest BCUT2D eigenvalue weighted by Crippen LogP contribution is 2.53. The molecule has 1 atom stereocenters. The number of rotatable bonds is 10. The molecule has 0 fully saturated rings. The van der Waals surface area contributed by atoms with Crippen LogP contribution in [0.4, 0.5) is 0 Å². The Morgan fingerprint density at radius 3 is 1.88 bits per heavy atom. The van der Waals surface area contributed by atoms with Gasteiger partial charge in [-0.1, -0.05) is 60.7 Å². The first kappa shape index (κ1) is 20.4. The first-order valence-corrected chi connectivity index (χ1v) is 10.2. The summed E-state index contributed by atoms with van der Waals surface area (Å²) in [5.41, 5.74) is 2.11. The molecular weight excluding hydrogens is 351 g/mol. The standard InChI is InChI=1S/C20H25O5P/c1-23-26(22,24-2)20(16-14-18-11-7-4-8-12-18)25-19(21)15-13-17-9-5-3-6-10-17/h3-12,20H,13-16H2,1-2H3/t20-/m0/s1. The molecule has 0 aliphatic rings. The molecule has 0 aliphatic carbocycles. The number of benzene rings is 2. The minimum Gasteiger partial charge on any atom is -0.449 e. The molecule has 0 saturated heterocycles. The number of hydrogen-bond donors (Lipinski definition) is 0. The summed E-state index contributed by atoms with van der Waals surface area (Å²) in [5, 5.41) is 0. The van der Waals surface area contributed by atoms with Crippen molar-refractivity contribution >= 4 is 13.6 Å². The van der Waals surface area contributed by atoms with Crippen LogP contribution in [-0.4, -0.2) is 26.0 Å². The molecule has 2 aromatic rings. The van der Waals surface area contributed by atoms with Gasteiger partial charge in [-0.25, -0.2) is 0 Å². The molecule has 2 rings (SSSR count). The first-order chi connectivity index (χ1) is 12.6. The Morgan fingerprint density at radius 1 is 0.885 bits per heavy atom. The maximum absolute atomic E-state index is 12.8. The third kappa shape index (κ3) is 6.10. The van der Waals surface area contributed by atoms with Crippen molar-refractivity contribution in [3.05, 3.63) is 71.8 Å². The zero-order valence-electron chi connectivity index (χ0n) is 15.2. The predicted molar refractivity (Wildman–Crippen MR) is 101 cm³/mol. The fourth-order valence-electron chi connectivity index (χ4n) is 2.63. The van der Waals surface area contributed by atoms with Gasteiger partial charge in [-0.15, -0.1) is 0 Å².